The number of rotatable bonds is 7. The molecule has 166 valence electrons. The summed E-state index contributed by atoms with van der Waals surface area (Å²) < 4.78 is 0. The highest BCUT2D eigenvalue weighted by molar-refractivity contribution is 8.00. The van der Waals surface area contributed by atoms with Crippen molar-refractivity contribution in [1.82, 2.24) is 0 Å². The highest BCUT2D eigenvalue weighted by Crippen LogP contribution is 2.37. The van der Waals surface area contributed by atoms with Gasteiger partial charge in [0.25, 0.3) is 5.91 Å². The maximum absolute atomic E-state index is 13.4. The second kappa shape index (κ2) is 10.5. The van der Waals surface area contributed by atoms with Gasteiger partial charge in [-0.3, -0.25) is 9.59 Å². The molecule has 0 spiro atoms. The van der Waals surface area contributed by atoms with Gasteiger partial charge in [0, 0.05) is 16.3 Å². The zero-order valence-electron chi connectivity index (χ0n) is 18.4. The first-order valence-electron chi connectivity index (χ1n) is 10.5. The summed E-state index contributed by atoms with van der Waals surface area (Å²) in [6.07, 6.45) is 0. The molecule has 0 aliphatic heterocycles. The van der Waals surface area contributed by atoms with Crippen molar-refractivity contribution in [3.8, 4) is 0 Å². The maximum atomic E-state index is 13.4. The molecule has 4 rings (SSSR count). The Morgan fingerprint density at radius 2 is 1.48 bits per heavy atom. The first-order valence-corrected chi connectivity index (χ1v) is 12.3. The third kappa shape index (κ3) is 5.72. The number of para-hydroxylation sites is 1. The van der Waals surface area contributed by atoms with E-state index in [1.807, 2.05) is 98.1 Å². The van der Waals surface area contributed by atoms with Gasteiger partial charge in [-0.15, -0.1) is 23.1 Å². The Labute approximate surface area is 202 Å². The van der Waals surface area contributed by atoms with E-state index >= 15 is 0 Å². The number of amides is 2. The van der Waals surface area contributed by atoms with Crippen LogP contribution in [-0.2, 0) is 4.79 Å². The summed E-state index contributed by atoms with van der Waals surface area (Å²) in [6, 6.07) is 27.0. The molecule has 0 radical (unpaired) electrons. The van der Waals surface area contributed by atoms with E-state index in [1.54, 1.807) is 6.07 Å². The fourth-order valence-corrected chi connectivity index (χ4v) is 5.10. The van der Waals surface area contributed by atoms with E-state index in [4.69, 9.17) is 0 Å². The Bertz CT molecular complexity index is 1220. The number of thiophene rings is 1. The van der Waals surface area contributed by atoms with Gasteiger partial charge in [0.05, 0.1) is 4.88 Å². The maximum Gasteiger partial charge on any atom is 0.265 e. The van der Waals surface area contributed by atoms with Crippen LogP contribution in [0.25, 0.3) is 0 Å². The highest BCUT2D eigenvalue weighted by Gasteiger charge is 2.23. The molecule has 33 heavy (non-hydrogen) atoms. The SMILES string of the molecule is Cc1cccc(C)c1NC(=O)C(Sc1ccc(NC(=O)c2cccs2)cc1)c1ccccc1. The summed E-state index contributed by atoms with van der Waals surface area (Å²) in [7, 11) is 0. The number of carbonyl (C=O) groups is 2. The quantitative estimate of drug-likeness (QED) is 0.282. The van der Waals surface area contributed by atoms with Crippen LogP contribution in [0.15, 0.2) is 95.2 Å². The van der Waals surface area contributed by atoms with Gasteiger partial charge < -0.3 is 10.6 Å². The summed E-state index contributed by atoms with van der Waals surface area (Å²) in [5, 5.41) is 7.50. The third-order valence-corrected chi connectivity index (χ3v) is 7.32. The molecule has 0 saturated carbocycles. The Kier molecular flexibility index (Phi) is 7.27. The number of hydrogen-bond acceptors (Lipinski definition) is 4. The van der Waals surface area contributed by atoms with E-state index in [-0.39, 0.29) is 11.8 Å². The van der Waals surface area contributed by atoms with E-state index in [0.717, 1.165) is 27.3 Å². The van der Waals surface area contributed by atoms with Crippen LogP contribution in [0.2, 0.25) is 0 Å². The van der Waals surface area contributed by atoms with Gasteiger partial charge in [0.1, 0.15) is 5.25 Å². The van der Waals surface area contributed by atoms with Crippen LogP contribution in [0.5, 0.6) is 0 Å². The topological polar surface area (TPSA) is 58.2 Å². The second-order valence-corrected chi connectivity index (χ2v) is 9.75. The fourth-order valence-electron chi connectivity index (χ4n) is 3.45. The Balaban J connectivity index is 1.52. The molecular formula is C27H24N2O2S2. The number of anilines is 2. The molecule has 1 heterocycles. The molecule has 6 heteroatoms. The number of benzene rings is 3. The van der Waals surface area contributed by atoms with Crippen molar-refractivity contribution in [2.45, 2.75) is 24.0 Å². The molecule has 3 aromatic carbocycles. The lowest BCUT2D eigenvalue weighted by atomic mass is 10.1. The average molecular weight is 473 g/mol. The predicted molar refractivity (Wildman–Crippen MR) is 138 cm³/mol. The smallest absolute Gasteiger partial charge is 0.265 e. The summed E-state index contributed by atoms with van der Waals surface area (Å²) in [5.41, 5.74) is 4.57. The lowest BCUT2D eigenvalue weighted by molar-refractivity contribution is -0.115. The third-order valence-electron chi connectivity index (χ3n) is 5.18. The van der Waals surface area contributed by atoms with E-state index < -0.39 is 5.25 Å². The molecule has 0 saturated heterocycles. The second-order valence-electron chi connectivity index (χ2n) is 7.62. The monoisotopic (exact) mass is 472 g/mol. The summed E-state index contributed by atoms with van der Waals surface area (Å²) in [5.74, 6) is -0.195. The molecule has 4 aromatic rings. The molecule has 0 aliphatic rings. The number of nitrogens with one attached hydrogen (secondary N) is 2. The van der Waals surface area contributed by atoms with Crippen LogP contribution < -0.4 is 10.6 Å². The number of carbonyl (C=O) groups excluding carboxylic acids is 2. The van der Waals surface area contributed by atoms with Crippen LogP contribution >= 0.6 is 23.1 Å². The molecule has 1 aromatic heterocycles. The number of thioether (sulfide) groups is 1. The van der Waals surface area contributed by atoms with Crippen molar-refractivity contribution in [3.63, 3.8) is 0 Å². The molecule has 2 amide bonds. The molecule has 0 fully saturated rings. The van der Waals surface area contributed by atoms with Gasteiger partial charge >= 0.3 is 0 Å². The van der Waals surface area contributed by atoms with E-state index in [9.17, 15) is 9.59 Å². The summed E-state index contributed by atoms with van der Waals surface area (Å²) in [6.45, 7) is 3.99. The molecule has 4 nitrogen and oxygen atoms in total. The van der Waals surface area contributed by atoms with Crippen LogP contribution in [0.4, 0.5) is 11.4 Å². The molecule has 1 atom stereocenters. The van der Waals surface area contributed by atoms with Gasteiger partial charge in [0.15, 0.2) is 0 Å². The molecule has 1 unspecified atom stereocenters. The van der Waals surface area contributed by atoms with Crippen LogP contribution in [-0.4, -0.2) is 11.8 Å². The Morgan fingerprint density at radius 3 is 2.12 bits per heavy atom. The Hall–Kier alpha value is -3.35. The highest BCUT2D eigenvalue weighted by atomic mass is 32.2. The number of hydrogen-bond donors (Lipinski definition) is 2. The first kappa shape index (κ1) is 22.8. The van der Waals surface area contributed by atoms with Crippen molar-refractivity contribution in [1.29, 1.82) is 0 Å². The van der Waals surface area contributed by atoms with Gasteiger partial charge in [-0.1, -0.05) is 54.6 Å². The van der Waals surface area contributed by atoms with Gasteiger partial charge in [-0.25, -0.2) is 0 Å². The van der Waals surface area contributed by atoms with E-state index in [1.165, 1.54) is 23.1 Å². The molecular weight excluding hydrogens is 448 g/mol. The minimum absolute atomic E-state index is 0.0707. The van der Waals surface area contributed by atoms with Crippen molar-refractivity contribution in [3.05, 3.63) is 112 Å². The van der Waals surface area contributed by atoms with Gasteiger partial charge in [-0.05, 0) is 66.2 Å². The normalized spacial score (nSPS) is 11.6. The lowest BCUT2D eigenvalue weighted by Crippen LogP contribution is -2.20. The van der Waals surface area contributed by atoms with Crippen molar-refractivity contribution >= 4 is 46.3 Å². The van der Waals surface area contributed by atoms with Crippen molar-refractivity contribution in [2.24, 2.45) is 0 Å². The summed E-state index contributed by atoms with van der Waals surface area (Å²) in [4.78, 5) is 27.3. The number of aryl methyl sites for hydroxylation is 2. The lowest BCUT2D eigenvalue weighted by Gasteiger charge is -2.19. The van der Waals surface area contributed by atoms with Crippen LogP contribution in [0, 0.1) is 13.8 Å². The zero-order valence-corrected chi connectivity index (χ0v) is 20.0. The zero-order chi connectivity index (χ0) is 23.2. The molecule has 0 aliphatic carbocycles. The predicted octanol–water partition coefficient (Wildman–Crippen LogP) is 7.09. The van der Waals surface area contributed by atoms with Crippen molar-refractivity contribution < 1.29 is 9.59 Å². The fraction of sp³-hybridized carbons (Fsp3) is 0.111. The largest absolute Gasteiger partial charge is 0.324 e. The Morgan fingerprint density at radius 1 is 0.788 bits per heavy atom. The van der Waals surface area contributed by atoms with Crippen LogP contribution in [0.1, 0.15) is 31.6 Å². The standard InChI is InChI=1S/C27H24N2O2S2/c1-18-8-6-9-19(2)24(18)29-27(31)25(20-10-4-3-5-11-20)33-22-15-13-21(14-16-22)28-26(30)23-12-7-17-32-23/h3-17,25H,1-2H3,(H,28,30)(H,29,31). The average Bonchev–Trinajstić information content (AvgIpc) is 3.37. The van der Waals surface area contributed by atoms with Crippen molar-refractivity contribution in [2.75, 3.05) is 10.6 Å². The molecule has 2 N–H and O–H groups in total. The van der Waals surface area contributed by atoms with Gasteiger partial charge in [0.2, 0.25) is 5.91 Å². The summed E-state index contributed by atoms with van der Waals surface area (Å²) >= 11 is 2.89. The minimum atomic E-state index is -0.420. The molecule has 0 bridgehead atoms. The van der Waals surface area contributed by atoms with Gasteiger partial charge in [-0.2, -0.15) is 0 Å². The minimum Gasteiger partial charge on any atom is -0.324 e. The van der Waals surface area contributed by atoms with E-state index in [2.05, 4.69) is 10.6 Å². The first-order chi connectivity index (χ1) is 16.0. The van der Waals surface area contributed by atoms with Crippen LogP contribution in [0.3, 0.4) is 0 Å². The van der Waals surface area contributed by atoms with E-state index in [0.29, 0.717) is 10.6 Å².